The standard InChI is InChI=1S/C10H15NO3/c1-4-5-9(12)11-8(7(2)3)6-14-10(11)13/h4-5,7-8H,6H2,1-3H3/b5-4+/t8-/m1/s1. The van der Waals surface area contributed by atoms with Crippen molar-refractivity contribution in [2.24, 2.45) is 5.92 Å². The lowest BCUT2D eigenvalue weighted by Gasteiger charge is -2.20. The van der Waals surface area contributed by atoms with Gasteiger partial charge in [-0.15, -0.1) is 0 Å². The van der Waals surface area contributed by atoms with Crippen LogP contribution in [0.5, 0.6) is 0 Å². The lowest BCUT2D eigenvalue weighted by Crippen LogP contribution is -2.40. The average Bonchev–Trinajstić information content (AvgIpc) is 2.47. The normalized spacial score (nSPS) is 22.1. The number of carbonyl (C=O) groups is 2. The Balaban J connectivity index is 2.81. The van der Waals surface area contributed by atoms with E-state index in [-0.39, 0.29) is 17.9 Å². The van der Waals surface area contributed by atoms with E-state index in [0.717, 1.165) is 0 Å². The van der Waals surface area contributed by atoms with Crippen LogP contribution in [-0.4, -0.2) is 29.5 Å². The third kappa shape index (κ3) is 1.95. The van der Waals surface area contributed by atoms with Crippen molar-refractivity contribution in [3.63, 3.8) is 0 Å². The summed E-state index contributed by atoms with van der Waals surface area (Å²) >= 11 is 0. The average molecular weight is 197 g/mol. The highest BCUT2D eigenvalue weighted by molar-refractivity contribution is 5.99. The van der Waals surface area contributed by atoms with Gasteiger partial charge in [0.15, 0.2) is 0 Å². The lowest BCUT2D eigenvalue weighted by molar-refractivity contribution is -0.124. The molecular formula is C10H15NO3. The van der Waals surface area contributed by atoms with Gasteiger partial charge in [0, 0.05) is 0 Å². The fourth-order valence-electron chi connectivity index (χ4n) is 1.40. The van der Waals surface area contributed by atoms with Crippen LogP contribution in [-0.2, 0) is 9.53 Å². The second-order valence-corrected chi connectivity index (χ2v) is 3.60. The van der Waals surface area contributed by atoms with E-state index in [1.165, 1.54) is 11.0 Å². The van der Waals surface area contributed by atoms with Crippen molar-refractivity contribution in [2.45, 2.75) is 26.8 Å². The first-order valence-electron chi connectivity index (χ1n) is 4.70. The van der Waals surface area contributed by atoms with Crippen LogP contribution in [0.2, 0.25) is 0 Å². The number of allylic oxidation sites excluding steroid dienone is 1. The number of rotatable bonds is 2. The summed E-state index contributed by atoms with van der Waals surface area (Å²) in [5.74, 6) is -0.0793. The second kappa shape index (κ2) is 4.26. The Hall–Kier alpha value is -1.32. The first-order valence-corrected chi connectivity index (χ1v) is 4.70. The van der Waals surface area contributed by atoms with Gasteiger partial charge >= 0.3 is 6.09 Å². The highest BCUT2D eigenvalue weighted by Crippen LogP contribution is 2.19. The first kappa shape index (κ1) is 10.8. The van der Waals surface area contributed by atoms with Crippen LogP contribution in [0.15, 0.2) is 12.2 Å². The Morgan fingerprint density at radius 2 is 2.29 bits per heavy atom. The molecule has 0 unspecified atom stereocenters. The molecule has 0 aromatic heterocycles. The molecule has 78 valence electrons. The van der Waals surface area contributed by atoms with E-state index in [4.69, 9.17) is 4.74 Å². The van der Waals surface area contributed by atoms with Crippen molar-refractivity contribution in [1.29, 1.82) is 0 Å². The van der Waals surface area contributed by atoms with Crippen molar-refractivity contribution in [3.8, 4) is 0 Å². The number of amides is 2. The van der Waals surface area contributed by atoms with Crippen LogP contribution in [0, 0.1) is 5.92 Å². The van der Waals surface area contributed by atoms with Gasteiger partial charge in [0.1, 0.15) is 6.61 Å². The summed E-state index contributed by atoms with van der Waals surface area (Å²) < 4.78 is 4.84. The topological polar surface area (TPSA) is 46.6 Å². The second-order valence-electron chi connectivity index (χ2n) is 3.60. The van der Waals surface area contributed by atoms with E-state index in [9.17, 15) is 9.59 Å². The summed E-state index contributed by atoms with van der Waals surface area (Å²) in [5, 5.41) is 0. The third-order valence-electron chi connectivity index (χ3n) is 2.22. The molecule has 1 aliphatic heterocycles. The van der Waals surface area contributed by atoms with E-state index in [2.05, 4.69) is 0 Å². The summed E-state index contributed by atoms with van der Waals surface area (Å²) in [4.78, 5) is 23.9. The van der Waals surface area contributed by atoms with Crippen LogP contribution < -0.4 is 0 Å². The molecule has 0 saturated carbocycles. The van der Waals surface area contributed by atoms with E-state index < -0.39 is 6.09 Å². The van der Waals surface area contributed by atoms with Gasteiger partial charge in [-0.1, -0.05) is 19.9 Å². The molecule has 0 N–H and O–H groups in total. The Morgan fingerprint density at radius 1 is 1.64 bits per heavy atom. The largest absolute Gasteiger partial charge is 0.447 e. The van der Waals surface area contributed by atoms with E-state index in [1.807, 2.05) is 13.8 Å². The van der Waals surface area contributed by atoms with Crippen LogP contribution in [0.4, 0.5) is 4.79 Å². The lowest BCUT2D eigenvalue weighted by atomic mass is 10.0. The van der Waals surface area contributed by atoms with Crippen molar-refractivity contribution in [1.82, 2.24) is 4.90 Å². The Morgan fingerprint density at radius 3 is 2.79 bits per heavy atom. The molecule has 1 rings (SSSR count). The van der Waals surface area contributed by atoms with Crippen molar-refractivity contribution in [2.75, 3.05) is 6.61 Å². The van der Waals surface area contributed by atoms with Gasteiger partial charge in [-0.25, -0.2) is 9.69 Å². The maximum absolute atomic E-state index is 11.5. The van der Waals surface area contributed by atoms with Crippen molar-refractivity contribution in [3.05, 3.63) is 12.2 Å². The number of nitrogens with zero attached hydrogens (tertiary/aromatic N) is 1. The third-order valence-corrected chi connectivity index (χ3v) is 2.22. The molecule has 0 aliphatic carbocycles. The zero-order chi connectivity index (χ0) is 10.7. The molecule has 1 fully saturated rings. The quantitative estimate of drug-likeness (QED) is 0.631. The molecule has 1 heterocycles. The van der Waals surface area contributed by atoms with Crippen molar-refractivity contribution < 1.29 is 14.3 Å². The number of hydrogen-bond donors (Lipinski definition) is 0. The summed E-state index contributed by atoms with van der Waals surface area (Å²) in [6.07, 6.45) is 2.46. The molecule has 14 heavy (non-hydrogen) atoms. The van der Waals surface area contributed by atoms with Gasteiger partial charge in [0.25, 0.3) is 5.91 Å². The number of hydrogen-bond acceptors (Lipinski definition) is 3. The SMILES string of the molecule is C/C=C/C(=O)N1C(=O)OC[C@@H]1C(C)C. The predicted molar refractivity (Wildman–Crippen MR) is 51.6 cm³/mol. The van der Waals surface area contributed by atoms with Gasteiger partial charge in [0.2, 0.25) is 0 Å². The van der Waals surface area contributed by atoms with Crippen LogP contribution >= 0.6 is 0 Å². The monoisotopic (exact) mass is 197 g/mol. The molecule has 0 bridgehead atoms. The van der Waals surface area contributed by atoms with Gasteiger partial charge in [-0.3, -0.25) is 4.79 Å². The van der Waals surface area contributed by atoms with Crippen LogP contribution in [0.1, 0.15) is 20.8 Å². The van der Waals surface area contributed by atoms with Crippen LogP contribution in [0.25, 0.3) is 0 Å². The van der Waals surface area contributed by atoms with E-state index >= 15 is 0 Å². The van der Waals surface area contributed by atoms with E-state index in [1.54, 1.807) is 13.0 Å². The Kier molecular flexibility index (Phi) is 3.28. The maximum atomic E-state index is 11.5. The number of cyclic esters (lactones) is 1. The van der Waals surface area contributed by atoms with Crippen LogP contribution in [0.3, 0.4) is 0 Å². The molecule has 4 heteroatoms. The molecular weight excluding hydrogens is 182 g/mol. The molecule has 1 saturated heterocycles. The first-order chi connectivity index (χ1) is 6.57. The summed E-state index contributed by atoms with van der Waals surface area (Å²) in [6.45, 7) is 5.97. The Labute approximate surface area is 83.5 Å². The molecule has 0 aromatic carbocycles. The highest BCUT2D eigenvalue weighted by atomic mass is 16.6. The van der Waals surface area contributed by atoms with Gasteiger partial charge in [-0.05, 0) is 18.9 Å². The van der Waals surface area contributed by atoms with Gasteiger partial charge in [-0.2, -0.15) is 0 Å². The maximum Gasteiger partial charge on any atom is 0.417 e. The van der Waals surface area contributed by atoms with Crippen molar-refractivity contribution >= 4 is 12.0 Å². The molecule has 0 spiro atoms. The number of ether oxygens (including phenoxy) is 1. The molecule has 4 nitrogen and oxygen atoms in total. The highest BCUT2D eigenvalue weighted by Gasteiger charge is 2.38. The predicted octanol–water partition coefficient (Wildman–Crippen LogP) is 1.57. The minimum atomic E-state index is -0.535. The fourth-order valence-corrected chi connectivity index (χ4v) is 1.40. The zero-order valence-corrected chi connectivity index (χ0v) is 8.69. The van der Waals surface area contributed by atoms with E-state index in [0.29, 0.717) is 6.61 Å². The van der Waals surface area contributed by atoms with Gasteiger partial charge < -0.3 is 4.74 Å². The molecule has 0 radical (unpaired) electrons. The molecule has 0 aromatic rings. The summed E-state index contributed by atoms with van der Waals surface area (Å²) in [5.41, 5.74) is 0. The zero-order valence-electron chi connectivity index (χ0n) is 8.69. The Bertz CT molecular complexity index is 271. The summed E-state index contributed by atoms with van der Waals surface area (Å²) in [6, 6.07) is -0.133. The minimum Gasteiger partial charge on any atom is -0.447 e. The fraction of sp³-hybridized carbons (Fsp3) is 0.600. The molecule has 2 amide bonds. The molecule has 1 aliphatic rings. The smallest absolute Gasteiger partial charge is 0.417 e. The number of imide groups is 1. The van der Waals surface area contributed by atoms with Gasteiger partial charge in [0.05, 0.1) is 6.04 Å². The summed E-state index contributed by atoms with van der Waals surface area (Å²) in [7, 11) is 0. The molecule has 1 atom stereocenters. The number of carbonyl (C=O) groups excluding carboxylic acids is 2. The minimum absolute atomic E-state index is 0.133.